The summed E-state index contributed by atoms with van der Waals surface area (Å²) >= 11 is 6.08. The second-order valence-electron chi connectivity index (χ2n) is 5.71. The fraction of sp³-hybridized carbons (Fsp3) is 0.412. The van der Waals surface area contributed by atoms with Gasteiger partial charge in [-0.1, -0.05) is 43.1 Å². The Morgan fingerprint density at radius 1 is 1.43 bits per heavy atom. The van der Waals surface area contributed by atoms with Crippen LogP contribution in [0.25, 0.3) is 11.3 Å². The molecule has 0 aliphatic carbocycles. The number of nitrogens with one attached hydrogen (secondary N) is 1. The van der Waals surface area contributed by atoms with Crippen LogP contribution in [0.4, 0.5) is 4.39 Å². The van der Waals surface area contributed by atoms with Gasteiger partial charge >= 0.3 is 0 Å². The first-order chi connectivity index (χ1) is 10.9. The largest absolute Gasteiger partial charge is 0.360 e. The van der Waals surface area contributed by atoms with E-state index >= 15 is 0 Å². The molecule has 0 bridgehead atoms. The van der Waals surface area contributed by atoms with E-state index in [1.807, 2.05) is 6.92 Å². The molecule has 2 aromatic rings. The van der Waals surface area contributed by atoms with Crippen LogP contribution in [0, 0.1) is 18.7 Å². The number of amides is 1. The zero-order chi connectivity index (χ0) is 17.1. The number of aromatic nitrogens is 1. The highest BCUT2D eigenvalue weighted by Gasteiger charge is 2.26. The van der Waals surface area contributed by atoms with Crippen LogP contribution in [0.2, 0.25) is 5.02 Å². The summed E-state index contributed by atoms with van der Waals surface area (Å²) in [5.74, 6) is -0.242. The van der Waals surface area contributed by atoms with Gasteiger partial charge in [-0.05, 0) is 31.9 Å². The molecule has 6 heteroatoms. The van der Waals surface area contributed by atoms with E-state index in [1.165, 1.54) is 12.1 Å². The molecule has 2 unspecified atom stereocenters. The van der Waals surface area contributed by atoms with Crippen LogP contribution >= 0.6 is 11.6 Å². The van der Waals surface area contributed by atoms with Crippen molar-refractivity contribution in [2.45, 2.75) is 40.2 Å². The first-order valence-corrected chi connectivity index (χ1v) is 7.96. The maximum atomic E-state index is 14.1. The monoisotopic (exact) mass is 338 g/mol. The van der Waals surface area contributed by atoms with E-state index in [0.717, 1.165) is 6.42 Å². The SMILES string of the molecule is CCC(C)C(C)NC(=O)c1c(-c2c(F)cccc2Cl)noc1C. The van der Waals surface area contributed by atoms with Crippen LogP contribution in [0.5, 0.6) is 0 Å². The van der Waals surface area contributed by atoms with E-state index in [0.29, 0.717) is 11.7 Å². The highest BCUT2D eigenvalue weighted by Crippen LogP contribution is 2.33. The zero-order valence-corrected chi connectivity index (χ0v) is 14.4. The minimum absolute atomic E-state index is 0.0225. The van der Waals surface area contributed by atoms with Crippen LogP contribution in [0.1, 0.15) is 43.3 Å². The lowest BCUT2D eigenvalue weighted by Gasteiger charge is -2.19. The summed E-state index contributed by atoms with van der Waals surface area (Å²) in [7, 11) is 0. The third kappa shape index (κ3) is 3.55. The van der Waals surface area contributed by atoms with Crippen molar-refractivity contribution in [3.63, 3.8) is 0 Å². The van der Waals surface area contributed by atoms with Crippen LogP contribution in [-0.2, 0) is 0 Å². The number of aryl methyl sites for hydroxylation is 1. The van der Waals surface area contributed by atoms with Crippen molar-refractivity contribution < 1.29 is 13.7 Å². The Kier molecular flexibility index (Phi) is 5.42. The Hall–Kier alpha value is -1.88. The molecule has 0 saturated heterocycles. The third-order valence-electron chi connectivity index (χ3n) is 4.15. The van der Waals surface area contributed by atoms with Gasteiger partial charge < -0.3 is 9.84 Å². The molecule has 0 radical (unpaired) electrons. The van der Waals surface area contributed by atoms with Gasteiger partial charge in [0.2, 0.25) is 0 Å². The summed E-state index contributed by atoms with van der Waals surface area (Å²) in [4.78, 5) is 12.6. The number of hydrogen-bond donors (Lipinski definition) is 1. The van der Waals surface area contributed by atoms with Crippen molar-refractivity contribution >= 4 is 17.5 Å². The molecule has 0 saturated carbocycles. The average molecular weight is 339 g/mol. The predicted octanol–water partition coefficient (Wildman–Crippen LogP) is 4.61. The first-order valence-electron chi connectivity index (χ1n) is 7.58. The van der Waals surface area contributed by atoms with Gasteiger partial charge in [0, 0.05) is 6.04 Å². The smallest absolute Gasteiger partial charge is 0.257 e. The van der Waals surface area contributed by atoms with Gasteiger partial charge in [0.25, 0.3) is 5.91 Å². The van der Waals surface area contributed by atoms with E-state index in [9.17, 15) is 9.18 Å². The Morgan fingerprint density at radius 2 is 2.13 bits per heavy atom. The quantitative estimate of drug-likeness (QED) is 0.866. The van der Waals surface area contributed by atoms with Crippen LogP contribution in [0.3, 0.4) is 0 Å². The van der Waals surface area contributed by atoms with Gasteiger partial charge in [0.05, 0.1) is 10.6 Å². The van der Waals surface area contributed by atoms with Gasteiger partial charge in [-0.2, -0.15) is 0 Å². The van der Waals surface area contributed by atoms with Gasteiger partial charge in [-0.15, -0.1) is 0 Å². The van der Waals surface area contributed by atoms with E-state index in [4.69, 9.17) is 16.1 Å². The average Bonchev–Trinajstić information content (AvgIpc) is 2.87. The number of hydrogen-bond acceptors (Lipinski definition) is 3. The second kappa shape index (κ2) is 7.13. The van der Waals surface area contributed by atoms with E-state index < -0.39 is 5.82 Å². The van der Waals surface area contributed by atoms with Gasteiger partial charge in [-0.3, -0.25) is 4.79 Å². The summed E-state index contributed by atoms with van der Waals surface area (Å²) < 4.78 is 19.2. The highest BCUT2D eigenvalue weighted by atomic mass is 35.5. The number of halogens is 2. The van der Waals surface area contributed by atoms with Crippen molar-refractivity contribution in [3.05, 3.63) is 40.4 Å². The molecule has 1 N–H and O–H groups in total. The fourth-order valence-corrected chi connectivity index (χ4v) is 2.56. The Balaban J connectivity index is 2.42. The molecule has 1 aromatic carbocycles. The molecular weight excluding hydrogens is 319 g/mol. The molecule has 2 atom stereocenters. The number of carbonyl (C=O) groups excluding carboxylic acids is 1. The molecule has 2 rings (SSSR count). The van der Waals surface area contributed by atoms with E-state index in [-0.39, 0.29) is 33.8 Å². The second-order valence-corrected chi connectivity index (χ2v) is 6.11. The van der Waals surface area contributed by atoms with Crippen molar-refractivity contribution in [2.75, 3.05) is 0 Å². The van der Waals surface area contributed by atoms with E-state index in [2.05, 4.69) is 24.3 Å². The molecule has 4 nitrogen and oxygen atoms in total. The van der Waals surface area contributed by atoms with Gasteiger partial charge in [0.15, 0.2) is 0 Å². The highest BCUT2D eigenvalue weighted by molar-refractivity contribution is 6.33. The Morgan fingerprint density at radius 3 is 2.74 bits per heavy atom. The summed E-state index contributed by atoms with van der Waals surface area (Å²) in [5, 5.41) is 6.94. The molecule has 1 amide bonds. The molecule has 0 spiro atoms. The Labute approximate surface area is 140 Å². The van der Waals surface area contributed by atoms with Crippen LogP contribution < -0.4 is 5.32 Å². The molecular formula is C17H20ClFN2O2. The van der Waals surface area contributed by atoms with Gasteiger partial charge in [0.1, 0.15) is 22.8 Å². The lowest BCUT2D eigenvalue weighted by Crippen LogP contribution is -2.37. The summed E-state index contributed by atoms with van der Waals surface area (Å²) in [6.07, 6.45) is 0.941. The standard InChI is InChI=1S/C17H20ClFN2O2/c1-5-9(2)10(3)20-17(22)14-11(4)23-21-16(14)15-12(18)7-6-8-13(15)19/h6-10H,5H2,1-4H3,(H,20,22). The summed E-state index contributed by atoms with van der Waals surface area (Å²) in [6, 6.07) is 4.30. The summed E-state index contributed by atoms with van der Waals surface area (Å²) in [5.41, 5.74) is 0.416. The minimum atomic E-state index is -0.546. The zero-order valence-electron chi connectivity index (χ0n) is 13.6. The third-order valence-corrected chi connectivity index (χ3v) is 4.46. The van der Waals surface area contributed by atoms with Crippen molar-refractivity contribution in [1.29, 1.82) is 0 Å². The van der Waals surface area contributed by atoms with Crippen molar-refractivity contribution in [2.24, 2.45) is 5.92 Å². The number of carbonyl (C=O) groups is 1. The van der Waals surface area contributed by atoms with Crippen molar-refractivity contribution in [1.82, 2.24) is 10.5 Å². The lowest BCUT2D eigenvalue weighted by atomic mass is 9.99. The molecule has 1 aromatic heterocycles. The van der Waals surface area contributed by atoms with Crippen LogP contribution in [0.15, 0.2) is 22.7 Å². The van der Waals surface area contributed by atoms with Crippen molar-refractivity contribution in [3.8, 4) is 11.3 Å². The topological polar surface area (TPSA) is 55.1 Å². The number of rotatable bonds is 5. The predicted molar refractivity (Wildman–Crippen MR) is 88.0 cm³/mol. The Bertz CT molecular complexity index is 694. The maximum absolute atomic E-state index is 14.1. The maximum Gasteiger partial charge on any atom is 0.257 e. The molecule has 0 aliphatic rings. The van der Waals surface area contributed by atoms with Gasteiger partial charge in [-0.25, -0.2) is 4.39 Å². The number of nitrogens with zero attached hydrogens (tertiary/aromatic N) is 1. The summed E-state index contributed by atoms with van der Waals surface area (Å²) in [6.45, 7) is 7.67. The van der Waals surface area contributed by atoms with E-state index in [1.54, 1.807) is 13.0 Å². The molecule has 0 fully saturated rings. The molecule has 0 aliphatic heterocycles. The normalized spacial score (nSPS) is 13.7. The lowest BCUT2D eigenvalue weighted by molar-refractivity contribution is 0.0927. The minimum Gasteiger partial charge on any atom is -0.360 e. The fourth-order valence-electron chi connectivity index (χ4n) is 2.31. The molecule has 23 heavy (non-hydrogen) atoms. The number of benzene rings is 1. The first kappa shape index (κ1) is 17.5. The van der Waals surface area contributed by atoms with Crippen LogP contribution in [-0.4, -0.2) is 17.1 Å². The molecule has 124 valence electrons. The molecule has 1 heterocycles.